The molecule has 2 heterocycles. The molecule has 0 spiro atoms. The van der Waals surface area contributed by atoms with Crippen molar-refractivity contribution in [2.45, 2.75) is 32.7 Å². The van der Waals surface area contributed by atoms with E-state index in [1.54, 1.807) is 0 Å². The van der Waals surface area contributed by atoms with E-state index in [2.05, 4.69) is 40.9 Å². The quantitative estimate of drug-likeness (QED) is 0.691. The van der Waals surface area contributed by atoms with Crippen LogP contribution in [0.15, 0.2) is 24.3 Å². The summed E-state index contributed by atoms with van der Waals surface area (Å²) >= 11 is 6.33. The first-order chi connectivity index (χ1) is 9.97. The van der Waals surface area contributed by atoms with Gasteiger partial charge in [0, 0.05) is 7.05 Å². The molecule has 21 heavy (non-hydrogen) atoms. The maximum atomic E-state index is 6.33. The van der Waals surface area contributed by atoms with Gasteiger partial charge in [0.05, 0.1) is 17.6 Å². The van der Waals surface area contributed by atoms with Crippen LogP contribution in [0.2, 0.25) is 0 Å². The van der Waals surface area contributed by atoms with E-state index in [0.717, 1.165) is 29.2 Å². The Morgan fingerprint density at radius 1 is 1.29 bits per heavy atom. The number of halogens is 1. The number of imidazole rings is 1. The number of benzene rings is 1. The molecule has 3 aromatic rings. The summed E-state index contributed by atoms with van der Waals surface area (Å²) in [6.07, 6.45) is 0. The third-order valence-electron chi connectivity index (χ3n) is 3.70. The van der Waals surface area contributed by atoms with E-state index >= 15 is 0 Å². The molecule has 0 aliphatic heterocycles. The van der Waals surface area contributed by atoms with Gasteiger partial charge in [-0.15, -0.1) is 11.6 Å². The Balaban J connectivity index is 2.17. The van der Waals surface area contributed by atoms with Crippen LogP contribution >= 0.6 is 11.6 Å². The molecule has 2 aromatic heterocycles. The van der Waals surface area contributed by atoms with Crippen LogP contribution in [0.25, 0.3) is 11.2 Å². The van der Waals surface area contributed by atoms with Crippen LogP contribution in [-0.4, -0.2) is 19.3 Å². The van der Waals surface area contributed by atoms with Crippen LogP contribution in [0.3, 0.4) is 0 Å². The monoisotopic (exact) mass is 302 g/mol. The van der Waals surface area contributed by atoms with Crippen molar-refractivity contribution in [1.82, 2.24) is 19.3 Å². The van der Waals surface area contributed by atoms with Crippen molar-refractivity contribution in [2.75, 3.05) is 0 Å². The molecule has 5 heteroatoms. The van der Waals surface area contributed by atoms with Gasteiger partial charge in [0.1, 0.15) is 11.3 Å². The molecule has 0 radical (unpaired) electrons. The molecular formula is C16H19ClN4. The predicted octanol–water partition coefficient (Wildman–Crippen LogP) is 3.73. The van der Waals surface area contributed by atoms with Crippen molar-refractivity contribution in [3.8, 4) is 0 Å². The van der Waals surface area contributed by atoms with Gasteiger partial charge in [-0.1, -0.05) is 29.8 Å². The Hall–Kier alpha value is -1.81. The topological polar surface area (TPSA) is 35.6 Å². The van der Waals surface area contributed by atoms with Gasteiger partial charge in [-0.05, 0) is 26.3 Å². The minimum Gasteiger partial charge on any atom is -0.307 e. The lowest BCUT2D eigenvalue weighted by molar-refractivity contribution is 0.686. The summed E-state index contributed by atoms with van der Waals surface area (Å²) in [5.74, 6) is 0.893. The Kier molecular flexibility index (Phi) is 3.49. The first kappa shape index (κ1) is 14.1. The number of alkyl halides is 1. The van der Waals surface area contributed by atoms with E-state index in [4.69, 9.17) is 16.6 Å². The number of aromatic nitrogens is 4. The zero-order chi connectivity index (χ0) is 15.1. The third kappa shape index (κ3) is 2.44. The van der Waals surface area contributed by atoms with Gasteiger partial charge in [0.15, 0.2) is 5.65 Å². The second-order valence-electron chi connectivity index (χ2n) is 5.54. The van der Waals surface area contributed by atoms with Crippen LogP contribution in [0.5, 0.6) is 0 Å². The summed E-state index contributed by atoms with van der Waals surface area (Å²) in [7, 11) is 1.95. The first-order valence-electron chi connectivity index (χ1n) is 7.06. The lowest BCUT2D eigenvalue weighted by Gasteiger charge is -2.11. The molecule has 1 unspecified atom stereocenters. The number of nitrogens with zero attached hydrogens (tertiary/aromatic N) is 4. The van der Waals surface area contributed by atoms with Crippen molar-refractivity contribution in [3.05, 3.63) is 46.9 Å². The molecule has 4 nitrogen and oxygen atoms in total. The summed E-state index contributed by atoms with van der Waals surface area (Å²) in [5, 5.41) is 4.32. The molecule has 0 fully saturated rings. The summed E-state index contributed by atoms with van der Waals surface area (Å²) in [6, 6.07) is 8.51. The fraction of sp³-hybridized carbons (Fsp3) is 0.375. The van der Waals surface area contributed by atoms with Gasteiger partial charge in [-0.25, -0.2) is 4.98 Å². The zero-order valence-corrected chi connectivity index (χ0v) is 13.5. The van der Waals surface area contributed by atoms with Crippen molar-refractivity contribution in [1.29, 1.82) is 0 Å². The average Bonchev–Trinajstić information content (AvgIpc) is 2.90. The maximum Gasteiger partial charge on any atom is 0.159 e. The Bertz CT molecular complexity index is 798. The summed E-state index contributed by atoms with van der Waals surface area (Å²) < 4.78 is 4.05. The Morgan fingerprint density at radius 3 is 2.71 bits per heavy atom. The van der Waals surface area contributed by atoms with Crippen molar-refractivity contribution >= 4 is 22.8 Å². The highest BCUT2D eigenvalue weighted by Crippen LogP contribution is 2.27. The summed E-state index contributed by atoms with van der Waals surface area (Å²) in [5.41, 5.74) is 5.40. The molecule has 0 aliphatic carbocycles. The molecule has 0 bridgehead atoms. The van der Waals surface area contributed by atoms with Crippen LogP contribution < -0.4 is 0 Å². The van der Waals surface area contributed by atoms with Crippen LogP contribution in [0, 0.1) is 13.8 Å². The maximum absolute atomic E-state index is 6.33. The molecule has 3 rings (SSSR count). The lowest BCUT2D eigenvalue weighted by atomic mass is 10.1. The molecule has 1 aromatic carbocycles. The van der Waals surface area contributed by atoms with Gasteiger partial charge in [-0.2, -0.15) is 5.10 Å². The summed E-state index contributed by atoms with van der Waals surface area (Å²) in [6.45, 7) is 6.79. The lowest BCUT2D eigenvalue weighted by Crippen LogP contribution is -2.09. The minimum absolute atomic E-state index is 0.137. The highest BCUT2D eigenvalue weighted by molar-refractivity contribution is 6.20. The second kappa shape index (κ2) is 5.19. The van der Waals surface area contributed by atoms with Gasteiger partial charge in [0.25, 0.3) is 0 Å². The van der Waals surface area contributed by atoms with Crippen molar-refractivity contribution in [2.24, 2.45) is 7.05 Å². The molecule has 0 amide bonds. The smallest absolute Gasteiger partial charge is 0.159 e. The van der Waals surface area contributed by atoms with Crippen molar-refractivity contribution < 1.29 is 0 Å². The molecule has 0 N–H and O–H groups in total. The number of hydrogen-bond acceptors (Lipinski definition) is 2. The predicted molar refractivity (Wildman–Crippen MR) is 85.8 cm³/mol. The van der Waals surface area contributed by atoms with Gasteiger partial charge in [-0.3, -0.25) is 4.68 Å². The summed E-state index contributed by atoms with van der Waals surface area (Å²) in [4.78, 5) is 4.70. The average molecular weight is 303 g/mol. The third-order valence-corrected chi connectivity index (χ3v) is 3.89. The fourth-order valence-electron chi connectivity index (χ4n) is 2.80. The highest BCUT2D eigenvalue weighted by Gasteiger charge is 2.20. The molecule has 1 atom stereocenters. The molecule has 0 saturated carbocycles. The second-order valence-corrected chi connectivity index (χ2v) is 6.20. The van der Waals surface area contributed by atoms with Gasteiger partial charge in [0.2, 0.25) is 0 Å². The molecule has 110 valence electrons. The zero-order valence-electron chi connectivity index (χ0n) is 12.8. The number of rotatable bonds is 3. The van der Waals surface area contributed by atoms with Crippen LogP contribution in [-0.2, 0) is 13.6 Å². The van der Waals surface area contributed by atoms with E-state index in [1.807, 2.05) is 25.6 Å². The van der Waals surface area contributed by atoms with E-state index in [1.165, 1.54) is 11.1 Å². The standard InChI is InChI=1S/C16H19ClN4/c1-10-6-5-7-13(8-10)9-21-15(11(2)17)18-14-12(3)19-20(4)16(14)21/h5-8,11H,9H2,1-4H3. The molecular weight excluding hydrogens is 284 g/mol. The van der Waals surface area contributed by atoms with E-state index in [0.29, 0.717) is 0 Å². The Labute approximate surface area is 129 Å². The number of hydrogen-bond donors (Lipinski definition) is 0. The van der Waals surface area contributed by atoms with Crippen LogP contribution in [0.1, 0.15) is 34.9 Å². The first-order valence-corrected chi connectivity index (χ1v) is 7.50. The fourth-order valence-corrected chi connectivity index (χ4v) is 2.97. The van der Waals surface area contributed by atoms with Gasteiger partial charge < -0.3 is 4.57 Å². The molecule has 0 saturated heterocycles. The van der Waals surface area contributed by atoms with E-state index < -0.39 is 0 Å². The van der Waals surface area contributed by atoms with E-state index in [9.17, 15) is 0 Å². The van der Waals surface area contributed by atoms with Gasteiger partial charge >= 0.3 is 0 Å². The Morgan fingerprint density at radius 2 is 2.05 bits per heavy atom. The normalized spacial score (nSPS) is 13.0. The largest absolute Gasteiger partial charge is 0.307 e. The molecule has 0 aliphatic rings. The number of aryl methyl sites for hydroxylation is 3. The minimum atomic E-state index is -0.137. The highest BCUT2D eigenvalue weighted by atomic mass is 35.5. The van der Waals surface area contributed by atoms with Crippen LogP contribution in [0.4, 0.5) is 0 Å². The van der Waals surface area contributed by atoms with E-state index in [-0.39, 0.29) is 5.38 Å². The van der Waals surface area contributed by atoms with Crippen molar-refractivity contribution in [3.63, 3.8) is 0 Å². The SMILES string of the molecule is Cc1cccc(Cn2c(C(C)Cl)nc3c(C)nn(C)c32)c1. The number of fused-ring (bicyclic) bond motifs is 1.